The first kappa shape index (κ1) is 25.0. The molecule has 33 heavy (non-hydrogen) atoms. The summed E-state index contributed by atoms with van der Waals surface area (Å²) in [6.45, 7) is 2.12. The molecule has 3 amide bonds. The fourth-order valence-corrected chi connectivity index (χ4v) is 5.49. The molecule has 0 atom stereocenters. The lowest BCUT2D eigenvalue weighted by molar-refractivity contribution is -0.121. The summed E-state index contributed by atoms with van der Waals surface area (Å²) in [5.74, 6) is -0.213. The van der Waals surface area contributed by atoms with Crippen molar-refractivity contribution >= 4 is 11.9 Å². The van der Waals surface area contributed by atoms with Gasteiger partial charge in [-0.25, -0.2) is 4.79 Å². The van der Waals surface area contributed by atoms with Crippen LogP contribution in [0.5, 0.6) is 0 Å². The lowest BCUT2D eigenvalue weighted by Crippen LogP contribution is -2.55. The highest BCUT2D eigenvalue weighted by Gasteiger charge is 2.54. The highest BCUT2D eigenvalue weighted by Crippen LogP contribution is 2.48. The second-order valence-electron chi connectivity index (χ2n) is 9.41. The first-order chi connectivity index (χ1) is 15.9. The number of methoxy groups -OCH3 is 1. The first-order valence-electron chi connectivity index (χ1n) is 11.8. The smallest absolute Gasteiger partial charge is 0.321 e. The Balaban J connectivity index is 1.78. The lowest BCUT2D eigenvalue weighted by atomic mass is 9.68. The number of rotatable bonds is 10. The van der Waals surface area contributed by atoms with Crippen LogP contribution < -0.4 is 5.32 Å². The Morgan fingerprint density at radius 3 is 2.52 bits per heavy atom. The van der Waals surface area contributed by atoms with Gasteiger partial charge in [0.15, 0.2) is 0 Å². The monoisotopic (exact) mass is 455 g/mol. The topological polar surface area (TPSA) is 88.9 Å². The molecular weight excluding hydrogens is 418 g/mol. The van der Waals surface area contributed by atoms with Crippen molar-refractivity contribution in [2.45, 2.75) is 49.6 Å². The van der Waals surface area contributed by atoms with E-state index in [-0.39, 0.29) is 36.0 Å². The summed E-state index contributed by atoms with van der Waals surface area (Å²) in [6, 6.07) is 12.6. The summed E-state index contributed by atoms with van der Waals surface area (Å²) in [7, 11) is 5.95. The van der Waals surface area contributed by atoms with Crippen LogP contribution in [-0.4, -0.2) is 86.2 Å². The maximum Gasteiger partial charge on any atom is 0.321 e. The Bertz CT molecular complexity index is 843. The minimum Gasteiger partial charge on any atom is -0.385 e. The molecule has 1 aromatic rings. The fraction of sp³-hybridized carbons (Fsp3) is 0.640. The van der Waals surface area contributed by atoms with Crippen molar-refractivity contribution in [2.24, 2.45) is 0 Å². The predicted octanol–water partition coefficient (Wildman–Crippen LogP) is 2.56. The minimum atomic E-state index is -0.272. The third kappa shape index (κ3) is 5.31. The maximum absolute atomic E-state index is 13.4. The number of hydrogen-bond acceptors (Lipinski definition) is 5. The van der Waals surface area contributed by atoms with Crippen LogP contribution in [-0.2, 0) is 15.1 Å². The van der Waals surface area contributed by atoms with Crippen LogP contribution in [0.25, 0.3) is 0 Å². The van der Waals surface area contributed by atoms with Crippen molar-refractivity contribution < 1.29 is 14.3 Å². The molecule has 1 saturated heterocycles. The first-order valence-corrected chi connectivity index (χ1v) is 11.8. The molecule has 180 valence electrons. The van der Waals surface area contributed by atoms with Crippen molar-refractivity contribution in [1.82, 2.24) is 20.0 Å². The zero-order valence-electron chi connectivity index (χ0n) is 20.2. The van der Waals surface area contributed by atoms with Gasteiger partial charge < -0.3 is 19.9 Å². The van der Waals surface area contributed by atoms with Gasteiger partial charge in [-0.3, -0.25) is 9.69 Å². The molecule has 0 bridgehead atoms. The number of hydrogen-bond donors (Lipinski definition) is 1. The highest BCUT2D eigenvalue weighted by atomic mass is 16.5. The molecule has 1 aromatic carbocycles. The van der Waals surface area contributed by atoms with Crippen LogP contribution in [0.3, 0.4) is 0 Å². The van der Waals surface area contributed by atoms with Gasteiger partial charge in [0.1, 0.15) is 6.54 Å². The number of carbonyl (C=O) groups excluding carboxylic acids is 2. The molecule has 1 aliphatic carbocycles. The molecule has 1 N–H and O–H groups in total. The fourth-order valence-electron chi connectivity index (χ4n) is 5.49. The van der Waals surface area contributed by atoms with Crippen LogP contribution in [0.1, 0.15) is 44.1 Å². The van der Waals surface area contributed by atoms with E-state index in [1.807, 2.05) is 17.0 Å². The van der Waals surface area contributed by atoms with Gasteiger partial charge in [-0.05, 0) is 51.8 Å². The Labute approximate surface area is 197 Å². The Hall–Kier alpha value is -2.63. The summed E-state index contributed by atoms with van der Waals surface area (Å²) < 4.78 is 5.23. The van der Waals surface area contributed by atoms with Gasteiger partial charge in [0.05, 0.1) is 18.0 Å². The zero-order chi connectivity index (χ0) is 23.9. The van der Waals surface area contributed by atoms with E-state index >= 15 is 0 Å². The molecule has 8 nitrogen and oxygen atoms in total. The molecule has 0 aromatic heterocycles. The van der Waals surface area contributed by atoms with E-state index in [4.69, 9.17) is 10.00 Å². The van der Waals surface area contributed by atoms with Crippen LogP contribution in [0.15, 0.2) is 30.3 Å². The van der Waals surface area contributed by atoms with E-state index in [0.717, 1.165) is 32.1 Å². The number of nitrogens with zero attached hydrogens (tertiary/aromatic N) is 4. The minimum absolute atomic E-state index is 0.0320. The second kappa shape index (κ2) is 11.0. The molecule has 1 saturated carbocycles. The zero-order valence-corrected chi connectivity index (χ0v) is 20.2. The average molecular weight is 456 g/mol. The molecular formula is C25H37N5O3. The van der Waals surface area contributed by atoms with Crippen LogP contribution in [0, 0.1) is 11.3 Å². The Kier molecular flexibility index (Phi) is 8.33. The predicted molar refractivity (Wildman–Crippen MR) is 126 cm³/mol. The van der Waals surface area contributed by atoms with E-state index in [0.29, 0.717) is 26.2 Å². The van der Waals surface area contributed by atoms with Gasteiger partial charge in [-0.1, -0.05) is 30.3 Å². The van der Waals surface area contributed by atoms with Crippen LogP contribution in [0.2, 0.25) is 0 Å². The third-order valence-electron chi connectivity index (χ3n) is 7.36. The summed E-state index contributed by atoms with van der Waals surface area (Å²) in [6.07, 6.45) is 4.68. The van der Waals surface area contributed by atoms with E-state index in [9.17, 15) is 9.59 Å². The number of carbonyl (C=O) groups is 2. The number of nitrogens with one attached hydrogen (secondary N) is 1. The van der Waals surface area contributed by atoms with E-state index in [1.54, 1.807) is 12.0 Å². The van der Waals surface area contributed by atoms with Gasteiger partial charge >= 0.3 is 6.03 Å². The van der Waals surface area contributed by atoms with E-state index < -0.39 is 0 Å². The normalized spacial score (nSPS) is 25.0. The molecule has 3 rings (SSSR count). The third-order valence-corrected chi connectivity index (χ3v) is 7.36. The Morgan fingerprint density at radius 1 is 1.21 bits per heavy atom. The summed E-state index contributed by atoms with van der Waals surface area (Å²) in [4.78, 5) is 31.7. The quantitative estimate of drug-likeness (QED) is 0.548. The molecule has 0 radical (unpaired) electrons. The second-order valence-corrected chi connectivity index (χ2v) is 9.41. The molecule has 2 fully saturated rings. The highest BCUT2D eigenvalue weighted by molar-refractivity contribution is 5.86. The SMILES string of the molecule is COCCCN1C(=O)N(CC(=O)NCCC#N)C[C@]12CC[C@](c1ccccc1)(N(C)C)CC2. The van der Waals surface area contributed by atoms with Crippen LogP contribution >= 0.6 is 0 Å². The van der Waals surface area contributed by atoms with Crippen molar-refractivity contribution in [2.75, 3.05) is 54.0 Å². The molecule has 1 heterocycles. The maximum atomic E-state index is 13.4. The van der Waals surface area contributed by atoms with Gasteiger partial charge in [-0.2, -0.15) is 5.26 Å². The molecule has 0 unspecified atom stereocenters. The lowest BCUT2D eigenvalue weighted by Gasteiger charge is -2.51. The van der Waals surface area contributed by atoms with E-state index in [1.165, 1.54) is 5.56 Å². The van der Waals surface area contributed by atoms with Crippen LogP contribution in [0.4, 0.5) is 4.79 Å². The van der Waals surface area contributed by atoms with Crippen molar-refractivity contribution in [3.05, 3.63) is 35.9 Å². The van der Waals surface area contributed by atoms with Crippen molar-refractivity contribution in [3.63, 3.8) is 0 Å². The van der Waals surface area contributed by atoms with Gasteiger partial charge in [-0.15, -0.1) is 0 Å². The Morgan fingerprint density at radius 2 is 1.91 bits per heavy atom. The number of benzene rings is 1. The summed E-state index contributed by atoms with van der Waals surface area (Å²) >= 11 is 0. The molecule has 1 aliphatic heterocycles. The molecule has 8 heteroatoms. The van der Waals surface area contributed by atoms with E-state index in [2.05, 4.69) is 48.6 Å². The number of amides is 3. The largest absolute Gasteiger partial charge is 0.385 e. The summed E-state index contributed by atoms with van der Waals surface area (Å²) in [5.41, 5.74) is 0.982. The molecule has 2 aliphatic rings. The molecule has 1 spiro atoms. The van der Waals surface area contributed by atoms with Gasteiger partial charge in [0.25, 0.3) is 0 Å². The van der Waals surface area contributed by atoms with Crippen molar-refractivity contribution in [1.29, 1.82) is 5.26 Å². The van der Waals surface area contributed by atoms with Gasteiger partial charge in [0.2, 0.25) is 5.91 Å². The average Bonchev–Trinajstić information content (AvgIpc) is 3.06. The summed E-state index contributed by atoms with van der Waals surface area (Å²) in [5, 5.41) is 11.4. The number of urea groups is 1. The van der Waals surface area contributed by atoms with Crippen molar-refractivity contribution in [3.8, 4) is 6.07 Å². The van der Waals surface area contributed by atoms with Gasteiger partial charge in [0, 0.05) is 38.9 Å². The standard InChI is InChI=1S/C25H37N5O3/c1-28(2)25(21-9-5-4-6-10-21)13-11-24(12-14-25)20-29(19-22(31)27-16-7-15-26)23(32)30(24)17-8-18-33-3/h4-6,9-10H,7-8,11-14,16-20H2,1-3H3,(H,27,31)/t24-,25+. The number of nitriles is 1. The number of ether oxygens (including phenoxy) is 1.